The third-order valence-corrected chi connectivity index (χ3v) is 1.79. The fraction of sp³-hybridized carbons (Fsp3) is 0.250. The van der Waals surface area contributed by atoms with Crippen LogP contribution >= 0.6 is 0 Å². The van der Waals surface area contributed by atoms with E-state index in [-0.39, 0.29) is 5.56 Å². The summed E-state index contributed by atoms with van der Waals surface area (Å²) in [5.74, 6) is -0.703. The number of benzene rings is 1. The zero-order valence-electron chi connectivity index (χ0n) is 7.18. The number of aliphatic hydroxyl groups is 1. The Balaban J connectivity index is 3.21. The molecule has 0 spiro atoms. The van der Waals surface area contributed by atoms with Crippen molar-refractivity contribution < 1.29 is 14.4 Å². The first kappa shape index (κ1) is 10.6. The first-order valence-electron chi connectivity index (χ1n) is 3.86. The van der Waals surface area contributed by atoms with Crippen molar-refractivity contribution in [1.82, 2.24) is 0 Å². The summed E-state index contributed by atoms with van der Waals surface area (Å²) >= 11 is 0. The van der Waals surface area contributed by atoms with E-state index in [1.807, 2.05) is 0 Å². The number of nitrogens with two attached hydrogens (primary N) is 1. The highest BCUT2D eigenvalue weighted by atomic mass is 19.1. The first-order valence-corrected chi connectivity index (χ1v) is 3.86. The third kappa shape index (κ3) is 2.04. The van der Waals surface area contributed by atoms with Gasteiger partial charge in [-0.3, -0.25) is 10.1 Å². The zero-order valence-corrected chi connectivity index (χ0v) is 7.18. The van der Waals surface area contributed by atoms with Crippen molar-refractivity contribution in [1.29, 1.82) is 0 Å². The highest BCUT2D eigenvalue weighted by Crippen LogP contribution is 2.24. The SMILES string of the molecule is N[C@H](CO)c1ccc(F)cc1[N+](=O)[O-]. The summed E-state index contributed by atoms with van der Waals surface area (Å²) in [7, 11) is 0. The molecular formula is C8H9FN2O3. The van der Waals surface area contributed by atoms with E-state index in [2.05, 4.69) is 0 Å². The van der Waals surface area contributed by atoms with Gasteiger partial charge in [0.25, 0.3) is 5.69 Å². The van der Waals surface area contributed by atoms with E-state index in [0.29, 0.717) is 0 Å². The van der Waals surface area contributed by atoms with Gasteiger partial charge in [-0.05, 0) is 12.1 Å². The van der Waals surface area contributed by atoms with Crippen LogP contribution in [0.25, 0.3) is 0 Å². The van der Waals surface area contributed by atoms with Gasteiger partial charge in [0.05, 0.1) is 23.6 Å². The molecule has 0 radical (unpaired) electrons. The van der Waals surface area contributed by atoms with Crippen LogP contribution in [0.4, 0.5) is 10.1 Å². The van der Waals surface area contributed by atoms with Crippen molar-refractivity contribution in [3.8, 4) is 0 Å². The lowest BCUT2D eigenvalue weighted by atomic mass is 10.1. The average Bonchev–Trinajstić information content (AvgIpc) is 2.16. The van der Waals surface area contributed by atoms with E-state index in [1.165, 1.54) is 6.07 Å². The van der Waals surface area contributed by atoms with E-state index >= 15 is 0 Å². The summed E-state index contributed by atoms with van der Waals surface area (Å²) < 4.78 is 12.7. The Morgan fingerprint density at radius 2 is 2.29 bits per heavy atom. The molecule has 0 aromatic heterocycles. The molecule has 0 amide bonds. The van der Waals surface area contributed by atoms with Gasteiger partial charge in [0.15, 0.2) is 0 Å². The lowest BCUT2D eigenvalue weighted by molar-refractivity contribution is -0.386. The van der Waals surface area contributed by atoms with Gasteiger partial charge in [-0.25, -0.2) is 4.39 Å². The molecule has 0 aliphatic heterocycles. The second-order valence-electron chi connectivity index (χ2n) is 2.75. The second-order valence-corrected chi connectivity index (χ2v) is 2.75. The Morgan fingerprint density at radius 1 is 1.64 bits per heavy atom. The van der Waals surface area contributed by atoms with Gasteiger partial charge in [-0.1, -0.05) is 0 Å². The zero-order chi connectivity index (χ0) is 10.7. The molecule has 0 fully saturated rings. The van der Waals surface area contributed by atoms with Crippen molar-refractivity contribution in [2.75, 3.05) is 6.61 Å². The smallest absolute Gasteiger partial charge is 0.277 e. The molecule has 76 valence electrons. The summed E-state index contributed by atoms with van der Waals surface area (Å²) in [6.07, 6.45) is 0. The fourth-order valence-corrected chi connectivity index (χ4v) is 1.09. The molecule has 0 bridgehead atoms. The summed E-state index contributed by atoms with van der Waals surface area (Å²) in [6.45, 7) is -0.424. The topological polar surface area (TPSA) is 89.4 Å². The van der Waals surface area contributed by atoms with Crippen LogP contribution in [0.1, 0.15) is 11.6 Å². The van der Waals surface area contributed by atoms with Crippen LogP contribution in [-0.4, -0.2) is 16.6 Å². The molecular weight excluding hydrogens is 191 g/mol. The van der Waals surface area contributed by atoms with E-state index in [0.717, 1.165) is 12.1 Å². The molecule has 0 aliphatic rings. The molecule has 3 N–H and O–H groups in total. The molecule has 1 aromatic rings. The van der Waals surface area contributed by atoms with E-state index in [4.69, 9.17) is 10.8 Å². The molecule has 5 nitrogen and oxygen atoms in total. The minimum absolute atomic E-state index is 0.124. The molecule has 1 aromatic carbocycles. The van der Waals surface area contributed by atoms with Crippen LogP contribution in [0.15, 0.2) is 18.2 Å². The Labute approximate surface area is 79.1 Å². The fourth-order valence-electron chi connectivity index (χ4n) is 1.09. The maximum absolute atomic E-state index is 12.7. The molecule has 0 aliphatic carbocycles. The third-order valence-electron chi connectivity index (χ3n) is 1.79. The van der Waals surface area contributed by atoms with Gasteiger partial charge in [0, 0.05) is 5.56 Å². The van der Waals surface area contributed by atoms with Gasteiger partial charge in [0.1, 0.15) is 5.82 Å². The van der Waals surface area contributed by atoms with Gasteiger partial charge in [-0.2, -0.15) is 0 Å². The Morgan fingerprint density at radius 3 is 2.79 bits per heavy atom. The monoisotopic (exact) mass is 200 g/mol. The van der Waals surface area contributed by atoms with Crippen LogP contribution in [0.5, 0.6) is 0 Å². The average molecular weight is 200 g/mol. The Kier molecular flexibility index (Phi) is 3.10. The highest BCUT2D eigenvalue weighted by Gasteiger charge is 2.19. The van der Waals surface area contributed by atoms with Crippen LogP contribution in [0.3, 0.4) is 0 Å². The molecule has 1 rings (SSSR count). The standard InChI is InChI=1S/C8H9FN2O3/c9-5-1-2-6(7(10)4-12)8(3-5)11(13)14/h1-3,7,12H,4,10H2/t7-/m1/s1. The molecule has 0 heterocycles. The quantitative estimate of drug-likeness (QED) is 0.555. The van der Waals surface area contributed by atoms with Gasteiger partial charge in [0.2, 0.25) is 0 Å². The van der Waals surface area contributed by atoms with Crippen molar-refractivity contribution in [2.24, 2.45) is 5.73 Å². The largest absolute Gasteiger partial charge is 0.394 e. The predicted molar refractivity (Wildman–Crippen MR) is 47.1 cm³/mol. The Bertz CT molecular complexity index is 356. The van der Waals surface area contributed by atoms with Gasteiger partial charge in [-0.15, -0.1) is 0 Å². The predicted octanol–water partition coefficient (Wildman–Crippen LogP) is 0.726. The molecule has 6 heteroatoms. The van der Waals surface area contributed by atoms with Crippen LogP contribution in [0, 0.1) is 15.9 Å². The summed E-state index contributed by atoms with van der Waals surface area (Å²) in [6, 6.07) is 2.19. The maximum atomic E-state index is 12.7. The minimum atomic E-state index is -0.865. The lowest BCUT2D eigenvalue weighted by Crippen LogP contribution is -2.16. The lowest BCUT2D eigenvalue weighted by Gasteiger charge is -2.08. The summed E-state index contributed by atoms with van der Waals surface area (Å²) in [5, 5.41) is 19.2. The van der Waals surface area contributed by atoms with E-state index in [9.17, 15) is 14.5 Å². The molecule has 0 saturated carbocycles. The molecule has 0 saturated heterocycles. The van der Waals surface area contributed by atoms with Crippen LogP contribution < -0.4 is 5.73 Å². The van der Waals surface area contributed by atoms with Crippen LogP contribution in [-0.2, 0) is 0 Å². The number of aliphatic hydroxyl groups excluding tert-OH is 1. The minimum Gasteiger partial charge on any atom is -0.394 e. The number of nitro groups is 1. The summed E-state index contributed by atoms with van der Waals surface area (Å²) in [4.78, 5) is 9.77. The first-order chi connectivity index (χ1) is 6.56. The Hall–Kier alpha value is -1.53. The maximum Gasteiger partial charge on any atom is 0.277 e. The number of rotatable bonds is 3. The number of hydrogen-bond acceptors (Lipinski definition) is 4. The summed E-state index contributed by atoms with van der Waals surface area (Å²) in [5.41, 5.74) is 5.12. The molecule has 14 heavy (non-hydrogen) atoms. The van der Waals surface area contributed by atoms with Crippen molar-refractivity contribution in [2.45, 2.75) is 6.04 Å². The highest BCUT2D eigenvalue weighted by molar-refractivity contribution is 5.42. The number of nitrogens with zero attached hydrogens (tertiary/aromatic N) is 1. The van der Waals surface area contributed by atoms with Crippen molar-refractivity contribution >= 4 is 5.69 Å². The number of hydrogen-bond donors (Lipinski definition) is 2. The molecule has 1 atom stereocenters. The van der Waals surface area contributed by atoms with Crippen molar-refractivity contribution in [3.63, 3.8) is 0 Å². The van der Waals surface area contributed by atoms with Crippen LogP contribution in [0.2, 0.25) is 0 Å². The second kappa shape index (κ2) is 4.12. The van der Waals surface area contributed by atoms with Gasteiger partial charge < -0.3 is 10.8 Å². The van der Waals surface area contributed by atoms with E-state index in [1.54, 1.807) is 0 Å². The van der Waals surface area contributed by atoms with Gasteiger partial charge >= 0.3 is 0 Å². The number of halogens is 1. The van der Waals surface area contributed by atoms with E-state index < -0.39 is 29.1 Å². The molecule has 0 unspecified atom stereocenters. The van der Waals surface area contributed by atoms with Crippen molar-refractivity contribution in [3.05, 3.63) is 39.7 Å². The normalized spacial score (nSPS) is 12.5. The number of nitro benzene ring substituents is 1.